The van der Waals surface area contributed by atoms with Gasteiger partial charge in [-0.05, 0) is 37.5 Å². The van der Waals surface area contributed by atoms with Gasteiger partial charge in [0.2, 0.25) is 0 Å². The van der Waals surface area contributed by atoms with E-state index in [1.165, 1.54) is 0 Å². The topological polar surface area (TPSA) is 46.3 Å². The first-order valence-electron chi connectivity index (χ1n) is 5.99. The molecule has 2 rings (SSSR count). The smallest absolute Gasteiger partial charge is 0.254 e. The summed E-state index contributed by atoms with van der Waals surface area (Å²) >= 11 is 5.85. The molecule has 1 aliphatic carbocycles. The Hall–Kier alpha value is -1.22. The third kappa shape index (κ3) is 2.72. The number of hydrogen-bond donors (Lipinski definition) is 1. The highest BCUT2D eigenvalue weighted by Gasteiger charge is 2.32. The van der Waals surface area contributed by atoms with Crippen molar-refractivity contribution < 1.29 is 4.79 Å². The minimum Gasteiger partial charge on any atom is -0.398 e. The summed E-state index contributed by atoms with van der Waals surface area (Å²) in [4.78, 5) is 14.3. The van der Waals surface area contributed by atoms with Gasteiger partial charge < -0.3 is 10.6 Å². The molecule has 0 spiro atoms. The minimum absolute atomic E-state index is 0.0673. The van der Waals surface area contributed by atoms with Crippen LogP contribution in [-0.4, -0.2) is 23.4 Å². The molecule has 1 aromatic carbocycles. The minimum atomic E-state index is 0.0673. The van der Waals surface area contributed by atoms with Crippen molar-refractivity contribution in [3.05, 3.63) is 28.8 Å². The highest BCUT2D eigenvalue weighted by atomic mass is 35.5. The van der Waals surface area contributed by atoms with E-state index in [0.717, 1.165) is 25.8 Å². The number of amides is 1. The quantitative estimate of drug-likeness (QED) is 0.838. The molecular formula is C13H17ClN2O. The van der Waals surface area contributed by atoms with Crippen LogP contribution < -0.4 is 5.73 Å². The number of halogens is 1. The maximum Gasteiger partial charge on any atom is 0.254 e. The molecule has 3 nitrogen and oxygen atoms in total. The molecule has 1 amide bonds. The fourth-order valence-corrected chi connectivity index (χ4v) is 2.04. The Morgan fingerprint density at radius 2 is 2.24 bits per heavy atom. The first-order valence-corrected chi connectivity index (χ1v) is 6.37. The molecule has 4 heteroatoms. The van der Waals surface area contributed by atoms with Crippen LogP contribution in [0, 0.1) is 0 Å². The first-order chi connectivity index (χ1) is 8.13. The van der Waals surface area contributed by atoms with Crippen LogP contribution >= 0.6 is 11.6 Å². The van der Waals surface area contributed by atoms with Crippen LogP contribution in [0.1, 0.15) is 36.5 Å². The maximum absolute atomic E-state index is 12.3. The van der Waals surface area contributed by atoms with Crippen molar-refractivity contribution in [1.29, 1.82) is 0 Å². The van der Waals surface area contributed by atoms with E-state index >= 15 is 0 Å². The van der Waals surface area contributed by atoms with Gasteiger partial charge in [0.25, 0.3) is 5.91 Å². The lowest BCUT2D eigenvalue weighted by molar-refractivity contribution is 0.0743. The van der Waals surface area contributed by atoms with E-state index in [0.29, 0.717) is 22.3 Å². The number of nitrogen functional groups attached to an aromatic ring is 1. The van der Waals surface area contributed by atoms with Crippen LogP contribution in [0.5, 0.6) is 0 Å². The normalized spacial score (nSPS) is 14.7. The van der Waals surface area contributed by atoms with Gasteiger partial charge in [0.1, 0.15) is 0 Å². The van der Waals surface area contributed by atoms with Gasteiger partial charge in [-0.15, -0.1) is 0 Å². The van der Waals surface area contributed by atoms with Crippen molar-refractivity contribution in [1.82, 2.24) is 4.90 Å². The van der Waals surface area contributed by atoms with Crippen molar-refractivity contribution in [3.63, 3.8) is 0 Å². The average molecular weight is 253 g/mol. The van der Waals surface area contributed by atoms with Crippen molar-refractivity contribution >= 4 is 23.2 Å². The maximum atomic E-state index is 12.3. The predicted molar refractivity (Wildman–Crippen MR) is 70.2 cm³/mol. The molecule has 1 aromatic rings. The van der Waals surface area contributed by atoms with Gasteiger partial charge in [-0.1, -0.05) is 18.5 Å². The Labute approximate surface area is 107 Å². The average Bonchev–Trinajstić information content (AvgIpc) is 3.13. The number of nitrogens with two attached hydrogens (primary N) is 1. The lowest BCUT2D eigenvalue weighted by atomic mass is 10.1. The van der Waals surface area contributed by atoms with Gasteiger partial charge in [0, 0.05) is 18.2 Å². The molecule has 1 aliphatic rings. The van der Waals surface area contributed by atoms with Crippen molar-refractivity contribution in [2.24, 2.45) is 0 Å². The summed E-state index contributed by atoms with van der Waals surface area (Å²) in [7, 11) is 0. The van der Waals surface area contributed by atoms with Gasteiger partial charge in [0.05, 0.1) is 10.7 Å². The van der Waals surface area contributed by atoms with Gasteiger partial charge in [0.15, 0.2) is 0 Å². The van der Waals surface area contributed by atoms with E-state index < -0.39 is 0 Å². The Kier molecular flexibility index (Phi) is 3.57. The summed E-state index contributed by atoms with van der Waals surface area (Å²) in [6.07, 6.45) is 3.22. The van der Waals surface area contributed by atoms with Gasteiger partial charge in [-0.25, -0.2) is 0 Å². The van der Waals surface area contributed by atoms with Gasteiger partial charge >= 0.3 is 0 Å². The van der Waals surface area contributed by atoms with Gasteiger partial charge in [-0.3, -0.25) is 4.79 Å². The summed E-state index contributed by atoms with van der Waals surface area (Å²) in [6, 6.07) is 5.52. The molecule has 0 atom stereocenters. The van der Waals surface area contributed by atoms with Crippen LogP contribution in [0.3, 0.4) is 0 Å². The second kappa shape index (κ2) is 4.96. The second-order valence-electron chi connectivity index (χ2n) is 4.47. The molecule has 2 N–H and O–H groups in total. The summed E-state index contributed by atoms with van der Waals surface area (Å²) in [5.74, 6) is 0.0673. The number of carbonyl (C=O) groups is 1. The van der Waals surface area contributed by atoms with Crippen LogP contribution in [0.15, 0.2) is 18.2 Å². The third-order valence-corrected chi connectivity index (χ3v) is 3.30. The lowest BCUT2D eigenvalue weighted by Gasteiger charge is -2.22. The van der Waals surface area contributed by atoms with E-state index in [-0.39, 0.29) is 5.91 Å². The van der Waals surface area contributed by atoms with E-state index in [4.69, 9.17) is 17.3 Å². The van der Waals surface area contributed by atoms with E-state index in [9.17, 15) is 4.79 Å². The molecule has 0 aromatic heterocycles. The Morgan fingerprint density at radius 3 is 2.76 bits per heavy atom. The van der Waals surface area contributed by atoms with Crippen LogP contribution in [0.25, 0.3) is 0 Å². The third-order valence-electron chi connectivity index (χ3n) is 2.96. The molecule has 1 fully saturated rings. The monoisotopic (exact) mass is 252 g/mol. The van der Waals surface area contributed by atoms with E-state index in [2.05, 4.69) is 6.92 Å². The Bertz CT molecular complexity index is 429. The zero-order chi connectivity index (χ0) is 12.4. The predicted octanol–water partition coefficient (Wildman–Crippen LogP) is 2.94. The standard InChI is InChI=1S/C13H17ClN2O/c1-2-7-16(10-4-5-10)13(17)9-3-6-11(14)12(15)8-9/h3,6,8,10H,2,4-5,7,15H2,1H3. The lowest BCUT2D eigenvalue weighted by Crippen LogP contribution is -2.33. The largest absolute Gasteiger partial charge is 0.398 e. The number of hydrogen-bond acceptors (Lipinski definition) is 2. The molecule has 17 heavy (non-hydrogen) atoms. The number of carbonyl (C=O) groups excluding carboxylic acids is 1. The Balaban J connectivity index is 2.19. The Morgan fingerprint density at radius 1 is 1.53 bits per heavy atom. The second-order valence-corrected chi connectivity index (χ2v) is 4.87. The molecule has 0 bridgehead atoms. The molecule has 1 saturated carbocycles. The molecule has 0 unspecified atom stereocenters. The van der Waals surface area contributed by atoms with E-state index in [1.54, 1.807) is 18.2 Å². The SMILES string of the molecule is CCCN(C(=O)c1ccc(Cl)c(N)c1)C1CC1. The van der Waals surface area contributed by atoms with Gasteiger partial charge in [-0.2, -0.15) is 0 Å². The summed E-state index contributed by atoms with van der Waals surface area (Å²) in [6.45, 7) is 2.89. The molecule has 0 radical (unpaired) electrons. The zero-order valence-corrected chi connectivity index (χ0v) is 10.7. The first kappa shape index (κ1) is 12.2. The molecule has 92 valence electrons. The van der Waals surface area contributed by atoms with Crippen LogP contribution in [0.4, 0.5) is 5.69 Å². The highest BCUT2D eigenvalue weighted by molar-refractivity contribution is 6.33. The fraction of sp³-hybridized carbons (Fsp3) is 0.462. The summed E-state index contributed by atoms with van der Waals surface area (Å²) < 4.78 is 0. The number of rotatable bonds is 4. The number of anilines is 1. The molecule has 0 heterocycles. The van der Waals surface area contributed by atoms with Crippen molar-refractivity contribution in [3.8, 4) is 0 Å². The number of benzene rings is 1. The highest BCUT2D eigenvalue weighted by Crippen LogP contribution is 2.29. The molecular weight excluding hydrogens is 236 g/mol. The molecule has 0 saturated heterocycles. The van der Waals surface area contributed by atoms with Crippen molar-refractivity contribution in [2.75, 3.05) is 12.3 Å². The fourth-order valence-electron chi connectivity index (χ4n) is 1.92. The zero-order valence-electron chi connectivity index (χ0n) is 9.95. The van der Waals surface area contributed by atoms with Crippen molar-refractivity contribution in [2.45, 2.75) is 32.2 Å². The molecule has 0 aliphatic heterocycles. The summed E-state index contributed by atoms with van der Waals surface area (Å²) in [5.41, 5.74) is 6.82. The number of nitrogens with zero attached hydrogens (tertiary/aromatic N) is 1. The van der Waals surface area contributed by atoms with Crippen LogP contribution in [-0.2, 0) is 0 Å². The van der Waals surface area contributed by atoms with Crippen LogP contribution in [0.2, 0.25) is 5.02 Å². The summed E-state index contributed by atoms with van der Waals surface area (Å²) in [5, 5.41) is 0.495. The van der Waals surface area contributed by atoms with E-state index in [1.807, 2.05) is 4.90 Å².